The zero-order valence-corrected chi connectivity index (χ0v) is 22.8. The van der Waals surface area contributed by atoms with Crippen molar-refractivity contribution in [2.75, 3.05) is 33.1 Å². The van der Waals surface area contributed by atoms with Gasteiger partial charge in [-0.3, -0.25) is 4.79 Å². The molecule has 218 valence electrons. The number of halogens is 3. The Kier molecular flexibility index (Phi) is 9.67. The largest absolute Gasteiger partial charge is 0.493 e. The molecule has 0 radical (unpaired) electrons. The summed E-state index contributed by atoms with van der Waals surface area (Å²) in [5.41, 5.74) is 2.52. The number of nitrogens with one attached hydrogen (secondary N) is 2. The fraction of sp³-hybridized carbons (Fsp3) is 0.464. The number of carboxylic acids is 1. The van der Waals surface area contributed by atoms with Crippen LogP contribution in [0.1, 0.15) is 48.5 Å². The second-order valence-corrected chi connectivity index (χ2v) is 9.98. The van der Waals surface area contributed by atoms with Crippen LogP contribution in [0, 0.1) is 0 Å². The zero-order valence-electron chi connectivity index (χ0n) is 22.8. The number of amides is 2. The fourth-order valence-electron chi connectivity index (χ4n) is 5.56. The molecular weight excluding hydrogens is 531 g/mol. The molecule has 1 aliphatic heterocycles. The third-order valence-electron chi connectivity index (χ3n) is 7.59. The van der Waals surface area contributed by atoms with Gasteiger partial charge in [0.2, 0.25) is 0 Å². The lowest BCUT2D eigenvalue weighted by Crippen LogP contribution is -2.52. The number of urea groups is 1. The number of methoxy groups -OCH3 is 2. The molecule has 1 aliphatic carbocycles. The second-order valence-electron chi connectivity index (χ2n) is 9.98. The molecule has 3 N–H and O–H groups in total. The minimum absolute atomic E-state index is 0.0258. The number of benzene rings is 2. The number of nitrogens with zero attached hydrogens (tertiary/aromatic N) is 1. The Morgan fingerprint density at radius 3 is 2.33 bits per heavy atom. The van der Waals surface area contributed by atoms with Gasteiger partial charge in [0.25, 0.3) is 0 Å². The van der Waals surface area contributed by atoms with Crippen molar-refractivity contribution in [3.05, 3.63) is 53.6 Å². The number of carbonyl (C=O) groups excluding carboxylic acids is 2. The van der Waals surface area contributed by atoms with Crippen molar-refractivity contribution in [2.24, 2.45) is 0 Å². The van der Waals surface area contributed by atoms with E-state index in [0.717, 1.165) is 43.7 Å². The predicted octanol–water partition coefficient (Wildman–Crippen LogP) is 4.86. The van der Waals surface area contributed by atoms with Crippen molar-refractivity contribution in [3.63, 3.8) is 0 Å². The van der Waals surface area contributed by atoms with E-state index in [1.165, 1.54) is 12.5 Å². The van der Waals surface area contributed by atoms with Crippen molar-refractivity contribution >= 4 is 23.5 Å². The summed E-state index contributed by atoms with van der Waals surface area (Å²) in [5, 5.41) is 13.2. The first kappa shape index (κ1) is 30.7. The molecular formula is C28H34F3N3O6. The lowest BCUT2D eigenvalue weighted by molar-refractivity contribution is -0.192. The fourth-order valence-corrected chi connectivity index (χ4v) is 5.56. The number of aliphatic carboxylic acids is 1. The molecule has 2 aromatic rings. The first-order chi connectivity index (χ1) is 18.8. The maximum atomic E-state index is 12.7. The molecule has 1 saturated heterocycles. The van der Waals surface area contributed by atoms with Gasteiger partial charge >= 0.3 is 18.2 Å². The van der Waals surface area contributed by atoms with Gasteiger partial charge in [-0.25, -0.2) is 9.59 Å². The van der Waals surface area contributed by atoms with Gasteiger partial charge in [0, 0.05) is 28.7 Å². The summed E-state index contributed by atoms with van der Waals surface area (Å²) < 4.78 is 42.7. The molecule has 9 nitrogen and oxygen atoms in total. The average Bonchev–Trinajstić information content (AvgIpc) is 3.25. The monoisotopic (exact) mass is 565 g/mol. The smallest absolute Gasteiger partial charge is 0.490 e. The van der Waals surface area contributed by atoms with Gasteiger partial charge in [-0.05, 0) is 76.0 Å². The van der Waals surface area contributed by atoms with Crippen molar-refractivity contribution in [1.29, 1.82) is 0 Å². The molecule has 0 spiro atoms. The van der Waals surface area contributed by atoms with Crippen LogP contribution in [-0.2, 0) is 10.2 Å². The normalized spacial score (nSPS) is 22.3. The number of rotatable bonds is 6. The molecule has 1 saturated carbocycles. The van der Waals surface area contributed by atoms with E-state index in [-0.39, 0.29) is 23.3 Å². The van der Waals surface area contributed by atoms with Crippen molar-refractivity contribution in [3.8, 4) is 11.5 Å². The van der Waals surface area contributed by atoms with Crippen LogP contribution < -0.4 is 20.1 Å². The van der Waals surface area contributed by atoms with E-state index in [1.807, 2.05) is 6.07 Å². The molecule has 2 fully saturated rings. The molecule has 1 heterocycles. The lowest BCUT2D eigenvalue weighted by Gasteiger charge is -2.45. The van der Waals surface area contributed by atoms with E-state index >= 15 is 0 Å². The minimum Gasteiger partial charge on any atom is -0.493 e. The SMILES string of the molecule is COc1ccc(C23CCC(NC(=O)Nc4cccc(C(C)=O)c4)CC2N(C)CC3)cc1OC.O=C(O)C(F)(F)F. The summed E-state index contributed by atoms with van der Waals surface area (Å²) in [6.45, 7) is 2.54. The Morgan fingerprint density at radius 1 is 1.05 bits per heavy atom. The molecule has 3 atom stereocenters. The van der Waals surface area contributed by atoms with Gasteiger partial charge in [-0.15, -0.1) is 0 Å². The highest BCUT2D eigenvalue weighted by Crippen LogP contribution is 2.49. The Labute approximate surface area is 230 Å². The molecule has 2 amide bonds. The number of hydrogen-bond donors (Lipinski definition) is 3. The summed E-state index contributed by atoms with van der Waals surface area (Å²) in [5.74, 6) is -1.29. The van der Waals surface area contributed by atoms with Gasteiger partial charge < -0.3 is 30.1 Å². The predicted molar refractivity (Wildman–Crippen MR) is 142 cm³/mol. The molecule has 2 aromatic carbocycles. The lowest BCUT2D eigenvalue weighted by atomic mass is 9.65. The van der Waals surface area contributed by atoms with Crippen LogP contribution in [0.4, 0.5) is 23.7 Å². The summed E-state index contributed by atoms with van der Waals surface area (Å²) in [7, 11) is 5.49. The van der Waals surface area contributed by atoms with E-state index < -0.39 is 12.1 Å². The number of hydrogen-bond acceptors (Lipinski definition) is 6. The number of likely N-dealkylation sites (N-methyl/N-ethyl adjacent to an activating group) is 1. The Balaban J connectivity index is 0.000000559. The van der Waals surface area contributed by atoms with Crippen LogP contribution in [0.25, 0.3) is 0 Å². The maximum Gasteiger partial charge on any atom is 0.490 e. The van der Waals surface area contributed by atoms with E-state index in [1.54, 1.807) is 38.5 Å². The number of carboxylic acid groups (broad SMARTS) is 1. The number of carbonyl (C=O) groups is 3. The van der Waals surface area contributed by atoms with Crippen LogP contribution in [0.15, 0.2) is 42.5 Å². The van der Waals surface area contributed by atoms with Crippen LogP contribution in [-0.4, -0.2) is 73.9 Å². The highest BCUT2D eigenvalue weighted by molar-refractivity contribution is 5.96. The number of alkyl halides is 3. The number of ketones is 1. The van der Waals surface area contributed by atoms with Crippen molar-refractivity contribution < 1.29 is 42.1 Å². The number of likely N-dealkylation sites (tertiary alicyclic amines) is 1. The molecule has 0 aromatic heterocycles. The molecule has 0 bridgehead atoms. The Morgan fingerprint density at radius 2 is 1.73 bits per heavy atom. The number of Topliss-reactive ketones (excluding diaryl/α,β-unsaturated/α-hetero) is 1. The van der Waals surface area contributed by atoms with Gasteiger partial charge in [0.15, 0.2) is 17.3 Å². The number of ether oxygens (including phenoxy) is 2. The molecule has 12 heteroatoms. The van der Waals surface area contributed by atoms with Crippen LogP contribution in [0.3, 0.4) is 0 Å². The minimum atomic E-state index is -5.08. The van der Waals surface area contributed by atoms with E-state index in [2.05, 4.69) is 34.7 Å². The van der Waals surface area contributed by atoms with Crippen LogP contribution in [0.2, 0.25) is 0 Å². The van der Waals surface area contributed by atoms with Crippen molar-refractivity contribution in [2.45, 2.75) is 56.3 Å². The highest BCUT2D eigenvalue weighted by atomic mass is 19.4. The van der Waals surface area contributed by atoms with E-state index in [0.29, 0.717) is 17.3 Å². The first-order valence-electron chi connectivity index (χ1n) is 12.7. The number of anilines is 1. The first-order valence-corrected chi connectivity index (χ1v) is 12.7. The van der Waals surface area contributed by atoms with Crippen molar-refractivity contribution in [1.82, 2.24) is 10.2 Å². The van der Waals surface area contributed by atoms with Crippen LogP contribution in [0.5, 0.6) is 11.5 Å². The Hall–Kier alpha value is -3.80. The molecule has 4 rings (SSSR count). The molecule has 2 aliphatic rings. The quantitative estimate of drug-likeness (QED) is 0.429. The topological polar surface area (TPSA) is 117 Å². The third-order valence-corrected chi connectivity index (χ3v) is 7.59. The second kappa shape index (κ2) is 12.6. The molecule has 40 heavy (non-hydrogen) atoms. The van der Waals surface area contributed by atoms with Crippen LogP contribution >= 0.6 is 0 Å². The standard InChI is InChI=1S/C26H33N3O4.C2HF3O2/c1-17(30)18-6-5-7-20(14-18)27-25(31)28-21-10-11-26(12-13-29(2)24(26)16-21)19-8-9-22(32-3)23(15-19)33-4;3-2(4,5)1(6)7/h5-9,14-15,21,24H,10-13,16H2,1-4H3,(H2,27,28,31);(H,6,7). The van der Waals surface area contributed by atoms with Gasteiger partial charge in [-0.2, -0.15) is 13.2 Å². The van der Waals surface area contributed by atoms with Gasteiger partial charge in [0.1, 0.15) is 0 Å². The average molecular weight is 566 g/mol. The maximum absolute atomic E-state index is 12.7. The van der Waals surface area contributed by atoms with E-state index in [4.69, 9.17) is 19.4 Å². The Bertz CT molecular complexity index is 1240. The number of fused-ring (bicyclic) bond motifs is 1. The molecule has 3 unspecified atom stereocenters. The summed E-state index contributed by atoms with van der Waals surface area (Å²) in [4.78, 5) is 35.6. The van der Waals surface area contributed by atoms with Gasteiger partial charge in [-0.1, -0.05) is 18.2 Å². The van der Waals surface area contributed by atoms with E-state index in [9.17, 15) is 22.8 Å². The summed E-state index contributed by atoms with van der Waals surface area (Å²) in [6, 6.07) is 13.5. The summed E-state index contributed by atoms with van der Waals surface area (Å²) in [6.07, 6.45) is -1.23. The zero-order chi connectivity index (χ0) is 29.7. The van der Waals surface area contributed by atoms with Gasteiger partial charge in [0.05, 0.1) is 14.2 Å². The highest BCUT2D eigenvalue weighted by Gasteiger charge is 2.50. The summed E-state index contributed by atoms with van der Waals surface area (Å²) >= 11 is 0. The third kappa shape index (κ3) is 7.04.